The van der Waals surface area contributed by atoms with Gasteiger partial charge in [-0.05, 0) is 72.9 Å². The molecule has 2 aromatic carbocycles. The lowest BCUT2D eigenvalue weighted by Crippen LogP contribution is -2.38. The summed E-state index contributed by atoms with van der Waals surface area (Å²) in [4.78, 5) is 32.4. The quantitative estimate of drug-likeness (QED) is 0.359. The van der Waals surface area contributed by atoms with Crippen LogP contribution < -0.4 is 5.32 Å². The van der Waals surface area contributed by atoms with Crippen LogP contribution in [0.15, 0.2) is 54.7 Å². The Morgan fingerprint density at radius 1 is 1.05 bits per heavy atom. The Bertz CT molecular complexity index is 1460. The summed E-state index contributed by atoms with van der Waals surface area (Å²) in [5.41, 5.74) is 2.32. The Morgan fingerprint density at radius 3 is 2.66 bits per heavy atom. The number of nitrogens with zero attached hydrogens (tertiary/aromatic N) is 2. The van der Waals surface area contributed by atoms with Crippen LogP contribution in [0.2, 0.25) is 5.02 Å². The second kappa shape index (κ2) is 10.6. The molecular formula is C29H25ClF3N3O2. The SMILES string of the molecule is CC1CCC[C@H](N2CCC(c3c(F)ccc(Cl)c3F)=CC2=O)c2cc(ccn2)-c2ccc(F)cc2NC1=O. The van der Waals surface area contributed by atoms with Crippen LogP contribution in [0.4, 0.5) is 18.9 Å². The maximum atomic E-state index is 14.6. The molecule has 3 aromatic rings. The highest BCUT2D eigenvalue weighted by molar-refractivity contribution is 6.31. The van der Waals surface area contributed by atoms with Gasteiger partial charge in [-0.15, -0.1) is 0 Å². The van der Waals surface area contributed by atoms with Crippen molar-refractivity contribution in [3.05, 3.63) is 88.5 Å². The predicted octanol–water partition coefficient (Wildman–Crippen LogP) is 6.93. The summed E-state index contributed by atoms with van der Waals surface area (Å²) in [6, 6.07) is 9.62. The molecule has 5 rings (SSSR count). The number of benzene rings is 2. The molecule has 2 bridgehead atoms. The van der Waals surface area contributed by atoms with Gasteiger partial charge in [-0.3, -0.25) is 14.6 Å². The second-order valence-electron chi connectivity index (χ2n) is 9.67. The first-order chi connectivity index (χ1) is 18.2. The van der Waals surface area contributed by atoms with Gasteiger partial charge in [-0.1, -0.05) is 24.9 Å². The van der Waals surface area contributed by atoms with E-state index >= 15 is 0 Å². The fraction of sp³-hybridized carbons (Fsp3) is 0.276. The number of anilines is 1. The largest absolute Gasteiger partial charge is 0.330 e. The van der Waals surface area contributed by atoms with E-state index in [0.29, 0.717) is 41.8 Å². The molecule has 0 spiro atoms. The summed E-state index contributed by atoms with van der Waals surface area (Å²) in [6.45, 7) is 2.03. The van der Waals surface area contributed by atoms with E-state index in [9.17, 15) is 22.8 Å². The normalized spacial score (nSPS) is 20.1. The first-order valence-electron chi connectivity index (χ1n) is 12.4. The Kier molecular flexibility index (Phi) is 7.25. The summed E-state index contributed by atoms with van der Waals surface area (Å²) >= 11 is 5.86. The van der Waals surface area contributed by atoms with Crippen LogP contribution in [0.3, 0.4) is 0 Å². The molecule has 5 nitrogen and oxygen atoms in total. The van der Waals surface area contributed by atoms with Crippen molar-refractivity contribution < 1.29 is 22.8 Å². The Hall–Kier alpha value is -3.65. The molecule has 1 unspecified atom stereocenters. The van der Waals surface area contributed by atoms with Gasteiger partial charge < -0.3 is 10.2 Å². The Morgan fingerprint density at radius 2 is 1.87 bits per heavy atom. The number of pyridine rings is 1. The number of fused-ring (bicyclic) bond motifs is 4. The molecule has 0 radical (unpaired) electrons. The first kappa shape index (κ1) is 26.0. The molecule has 2 aliphatic heterocycles. The Labute approximate surface area is 223 Å². The number of carbonyl (C=O) groups is 2. The number of aromatic nitrogens is 1. The minimum atomic E-state index is -0.887. The Balaban J connectivity index is 1.53. The van der Waals surface area contributed by atoms with Gasteiger partial charge in [0.1, 0.15) is 11.6 Å². The minimum Gasteiger partial charge on any atom is -0.330 e. The van der Waals surface area contributed by atoms with Crippen molar-refractivity contribution in [3.63, 3.8) is 0 Å². The number of nitrogens with one attached hydrogen (secondary N) is 1. The molecule has 0 fully saturated rings. The van der Waals surface area contributed by atoms with Gasteiger partial charge in [0.2, 0.25) is 11.8 Å². The molecule has 2 amide bonds. The van der Waals surface area contributed by atoms with E-state index in [-0.39, 0.29) is 46.9 Å². The van der Waals surface area contributed by atoms with E-state index in [0.717, 1.165) is 12.1 Å². The lowest BCUT2D eigenvalue weighted by atomic mass is 9.92. The molecule has 3 heterocycles. The summed E-state index contributed by atoms with van der Waals surface area (Å²) in [6.07, 6.45) is 4.83. The van der Waals surface area contributed by atoms with Gasteiger partial charge in [0.05, 0.1) is 28.0 Å². The van der Waals surface area contributed by atoms with Gasteiger partial charge >= 0.3 is 0 Å². The van der Waals surface area contributed by atoms with Gasteiger partial charge in [0, 0.05) is 30.3 Å². The van der Waals surface area contributed by atoms with Crippen LogP contribution in [0, 0.1) is 23.4 Å². The van der Waals surface area contributed by atoms with Crippen LogP contribution in [0.25, 0.3) is 16.7 Å². The fourth-order valence-electron chi connectivity index (χ4n) is 5.12. The van der Waals surface area contributed by atoms with Crippen LogP contribution >= 0.6 is 11.6 Å². The average molecular weight is 540 g/mol. The van der Waals surface area contributed by atoms with E-state index in [1.807, 2.05) is 13.0 Å². The van der Waals surface area contributed by atoms with Crippen molar-refractivity contribution in [3.8, 4) is 11.1 Å². The van der Waals surface area contributed by atoms with Crippen LogP contribution in [-0.4, -0.2) is 28.2 Å². The molecule has 0 aliphatic carbocycles. The summed E-state index contributed by atoms with van der Waals surface area (Å²) < 4.78 is 43.2. The van der Waals surface area contributed by atoms with Crippen LogP contribution in [-0.2, 0) is 9.59 Å². The summed E-state index contributed by atoms with van der Waals surface area (Å²) in [5.74, 6) is -3.07. The zero-order valence-corrected chi connectivity index (χ0v) is 21.4. The van der Waals surface area contributed by atoms with Crippen LogP contribution in [0.5, 0.6) is 0 Å². The van der Waals surface area contributed by atoms with E-state index in [1.165, 1.54) is 18.2 Å². The third-order valence-corrected chi connectivity index (χ3v) is 7.47. The number of rotatable bonds is 2. The summed E-state index contributed by atoms with van der Waals surface area (Å²) in [5, 5.41) is 2.64. The van der Waals surface area contributed by atoms with Gasteiger partial charge in [0.25, 0.3) is 0 Å². The second-order valence-corrected chi connectivity index (χ2v) is 10.1. The first-order valence-corrected chi connectivity index (χ1v) is 12.8. The molecular weight excluding hydrogens is 515 g/mol. The highest BCUT2D eigenvalue weighted by atomic mass is 35.5. The average Bonchev–Trinajstić information content (AvgIpc) is 2.89. The molecule has 1 aromatic heterocycles. The van der Waals surface area contributed by atoms with Gasteiger partial charge in [-0.2, -0.15) is 0 Å². The number of amides is 2. The van der Waals surface area contributed by atoms with Gasteiger partial charge in [0.15, 0.2) is 5.82 Å². The maximum absolute atomic E-state index is 14.6. The van der Waals surface area contributed by atoms with E-state index in [2.05, 4.69) is 10.3 Å². The molecule has 196 valence electrons. The molecule has 2 atom stereocenters. The highest BCUT2D eigenvalue weighted by Crippen LogP contribution is 2.37. The molecule has 9 heteroatoms. The van der Waals surface area contributed by atoms with Crippen molar-refractivity contribution in [2.75, 3.05) is 11.9 Å². The van der Waals surface area contributed by atoms with Crippen molar-refractivity contribution in [2.24, 2.45) is 5.92 Å². The number of hydrogen-bond acceptors (Lipinski definition) is 3. The lowest BCUT2D eigenvalue weighted by Gasteiger charge is -2.34. The van der Waals surface area contributed by atoms with E-state index < -0.39 is 23.5 Å². The smallest absolute Gasteiger partial charge is 0.247 e. The molecule has 1 N–H and O–H groups in total. The maximum Gasteiger partial charge on any atom is 0.247 e. The van der Waals surface area contributed by atoms with Crippen LogP contribution in [0.1, 0.15) is 49.9 Å². The molecule has 2 aliphatic rings. The van der Waals surface area contributed by atoms with E-state index in [1.54, 1.807) is 23.2 Å². The predicted molar refractivity (Wildman–Crippen MR) is 140 cm³/mol. The van der Waals surface area contributed by atoms with Crippen molar-refractivity contribution in [2.45, 2.75) is 38.6 Å². The van der Waals surface area contributed by atoms with Crippen molar-refractivity contribution in [1.82, 2.24) is 9.88 Å². The lowest BCUT2D eigenvalue weighted by molar-refractivity contribution is -0.129. The standard InChI is InChI=1S/C29H25ClF3N3O2/c1-16-3-2-4-25(36-12-10-18(14-26(36)37)27-22(32)8-7-21(30)28(27)33)24-13-17(9-11-34-24)20-6-5-19(31)15-23(20)35-29(16)38/h5-9,11,13-16,25H,2-4,10,12H2,1H3,(H,35,38)/t16?,25-/m0/s1. The topological polar surface area (TPSA) is 62.3 Å². The zero-order chi connectivity index (χ0) is 27.0. The number of hydrogen-bond donors (Lipinski definition) is 1. The molecule has 0 saturated heterocycles. The monoisotopic (exact) mass is 539 g/mol. The zero-order valence-electron chi connectivity index (χ0n) is 20.6. The number of carbonyl (C=O) groups excluding carboxylic acids is 2. The summed E-state index contributed by atoms with van der Waals surface area (Å²) in [7, 11) is 0. The molecule has 0 saturated carbocycles. The highest BCUT2D eigenvalue weighted by Gasteiger charge is 2.31. The van der Waals surface area contributed by atoms with Crippen molar-refractivity contribution >= 4 is 34.7 Å². The van der Waals surface area contributed by atoms with Crippen molar-refractivity contribution in [1.29, 1.82) is 0 Å². The van der Waals surface area contributed by atoms with E-state index in [4.69, 9.17) is 11.6 Å². The number of halogens is 4. The minimum absolute atomic E-state index is 0.212. The third-order valence-electron chi connectivity index (χ3n) is 7.18. The third kappa shape index (κ3) is 5.05. The molecule has 38 heavy (non-hydrogen) atoms. The fourth-order valence-corrected chi connectivity index (χ4v) is 5.28. The van der Waals surface area contributed by atoms with Gasteiger partial charge in [-0.25, -0.2) is 13.2 Å².